The number of H-pyrrole nitrogens is 2. The molecule has 4 heterocycles. The van der Waals surface area contributed by atoms with Gasteiger partial charge in [0.05, 0.1) is 16.8 Å². The number of amides is 1. The second kappa shape index (κ2) is 4.51. The van der Waals surface area contributed by atoms with Gasteiger partial charge in [0.15, 0.2) is 0 Å². The molecule has 9 nitrogen and oxygen atoms in total. The Kier molecular flexibility index (Phi) is 2.55. The normalized spacial score (nSPS) is 19.9. The molecule has 2 aromatic heterocycles. The summed E-state index contributed by atoms with van der Waals surface area (Å²) in [5.74, 6) is 0.0436. The van der Waals surface area contributed by atoms with E-state index in [0.717, 1.165) is 0 Å². The lowest BCUT2D eigenvalue weighted by molar-refractivity contribution is -0.120. The first-order valence-corrected chi connectivity index (χ1v) is 7.94. The average Bonchev–Trinajstić information content (AvgIpc) is 3.08. The molecule has 130 valence electrons. The summed E-state index contributed by atoms with van der Waals surface area (Å²) in [6.07, 6.45) is 0. The van der Waals surface area contributed by atoms with Crippen molar-refractivity contribution in [2.45, 2.75) is 12.3 Å². The van der Waals surface area contributed by atoms with Crippen molar-refractivity contribution in [1.82, 2.24) is 15.1 Å². The summed E-state index contributed by atoms with van der Waals surface area (Å²) in [7, 11) is 1.65. The van der Waals surface area contributed by atoms with Gasteiger partial charge in [-0.15, -0.1) is 0 Å². The van der Waals surface area contributed by atoms with Gasteiger partial charge in [-0.3, -0.25) is 19.6 Å². The molecule has 0 saturated carbocycles. The van der Waals surface area contributed by atoms with Gasteiger partial charge < -0.3 is 14.7 Å². The monoisotopic (exact) mass is 351 g/mol. The van der Waals surface area contributed by atoms with E-state index in [9.17, 15) is 14.4 Å². The van der Waals surface area contributed by atoms with Crippen molar-refractivity contribution >= 4 is 23.3 Å². The third-order valence-electron chi connectivity index (χ3n) is 5.09. The topological polar surface area (TPSA) is 124 Å². The number of para-hydroxylation sites is 1. The third-order valence-corrected chi connectivity index (χ3v) is 5.09. The van der Waals surface area contributed by atoms with E-state index in [1.54, 1.807) is 26.1 Å². The van der Waals surface area contributed by atoms with Crippen molar-refractivity contribution in [2.75, 3.05) is 17.3 Å². The SMILES string of the molecule is Cc1noc2c1C1(C(=O)N(C)c3ccccc31)c1c([nH]c(=O)[nH]c1=O)N2. The number of fused-ring (bicyclic) bond motifs is 6. The van der Waals surface area contributed by atoms with Crippen LogP contribution in [-0.4, -0.2) is 28.1 Å². The summed E-state index contributed by atoms with van der Waals surface area (Å²) in [6, 6.07) is 7.23. The molecule has 0 saturated heterocycles. The number of aromatic amines is 2. The number of benzene rings is 1. The molecule has 2 aliphatic heterocycles. The van der Waals surface area contributed by atoms with E-state index in [-0.39, 0.29) is 23.2 Å². The van der Waals surface area contributed by atoms with Gasteiger partial charge in [0.2, 0.25) is 11.8 Å². The highest BCUT2D eigenvalue weighted by molar-refractivity contribution is 6.14. The molecule has 0 fully saturated rings. The number of hydrogen-bond acceptors (Lipinski definition) is 6. The van der Waals surface area contributed by atoms with Crippen LogP contribution in [0.5, 0.6) is 0 Å². The minimum Gasteiger partial charge on any atom is -0.338 e. The fourth-order valence-corrected chi connectivity index (χ4v) is 4.12. The number of likely N-dealkylation sites (N-methyl/N-ethyl adjacent to an activating group) is 1. The Balaban J connectivity index is 2.04. The predicted molar refractivity (Wildman–Crippen MR) is 91.9 cm³/mol. The molecule has 0 radical (unpaired) electrons. The Morgan fingerprint density at radius 2 is 1.88 bits per heavy atom. The number of hydrogen-bond donors (Lipinski definition) is 3. The quantitative estimate of drug-likeness (QED) is 0.548. The van der Waals surface area contributed by atoms with Crippen molar-refractivity contribution in [1.29, 1.82) is 0 Å². The molecule has 9 heteroatoms. The number of aryl methyl sites for hydroxylation is 1. The average molecular weight is 351 g/mol. The number of aromatic nitrogens is 3. The van der Waals surface area contributed by atoms with Crippen molar-refractivity contribution in [3.05, 3.63) is 67.5 Å². The van der Waals surface area contributed by atoms with Crippen LogP contribution in [0.4, 0.5) is 17.4 Å². The van der Waals surface area contributed by atoms with E-state index >= 15 is 0 Å². The highest BCUT2D eigenvalue weighted by Crippen LogP contribution is 2.55. The Bertz CT molecular complexity index is 1220. The summed E-state index contributed by atoms with van der Waals surface area (Å²) >= 11 is 0. The first-order valence-electron chi connectivity index (χ1n) is 7.94. The van der Waals surface area contributed by atoms with Crippen LogP contribution in [0, 0.1) is 6.92 Å². The summed E-state index contributed by atoms with van der Waals surface area (Å²) in [5.41, 5.74) is -0.348. The summed E-state index contributed by atoms with van der Waals surface area (Å²) in [4.78, 5) is 44.4. The lowest BCUT2D eigenvalue weighted by Crippen LogP contribution is -2.48. The van der Waals surface area contributed by atoms with Crippen molar-refractivity contribution in [2.24, 2.45) is 0 Å². The van der Waals surface area contributed by atoms with E-state index in [2.05, 4.69) is 20.4 Å². The minimum atomic E-state index is -1.44. The number of carbonyl (C=O) groups is 1. The number of nitrogens with one attached hydrogen (secondary N) is 3. The molecule has 1 atom stereocenters. The lowest BCUT2D eigenvalue weighted by atomic mass is 9.69. The van der Waals surface area contributed by atoms with Crippen LogP contribution in [0.3, 0.4) is 0 Å². The number of rotatable bonds is 0. The molecule has 1 unspecified atom stereocenters. The van der Waals surface area contributed by atoms with Crippen LogP contribution >= 0.6 is 0 Å². The number of anilines is 3. The number of carbonyl (C=O) groups excluding carboxylic acids is 1. The number of nitrogens with zero attached hydrogens (tertiary/aromatic N) is 2. The van der Waals surface area contributed by atoms with E-state index in [4.69, 9.17) is 4.52 Å². The molecular weight excluding hydrogens is 338 g/mol. The van der Waals surface area contributed by atoms with Crippen LogP contribution in [0.1, 0.15) is 22.4 Å². The Labute approximate surface area is 145 Å². The fourth-order valence-electron chi connectivity index (χ4n) is 4.12. The van der Waals surface area contributed by atoms with Crippen LogP contribution < -0.4 is 21.5 Å². The summed E-state index contributed by atoms with van der Waals surface area (Å²) < 4.78 is 5.34. The van der Waals surface area contributed by atoms with Gasteiger partial charge in [-0.05, 0) is 13.0 Å². The zero-order valence-electron chi connectivity index (χ0n) is 13.8. The van der Waals surface area contributed by atoms with Gasteiger partial charge in [-0.2, -0.15) is 0 Å². The molecule has 3 N–H and O–H groups in total. The molecule has 1 spiro atoms. The maximum absolute atomic E-state index is 13.5. The van der Waals surface area contributed by atoms with Gasteiger partial charge in [0.25, 0.3) is 5.56 Å². The van der Waals surface area contributed by atoms with Crippen LogP contribution in [-0.2, 0) is 10.2 Å². The van der Waals surface area contributed by atoms with Crippen molar-refractivity contribution in [3.8, 4) is 0 Å². The zero-order chi connectivity index (χ0) is 18.2. The van der Waals surface area contributed by atoms with E-state index in [1.165, 1.54) is 4.90 Å². The maximum Gasteiger partial charge on any atom is 0.327 e. The Morgan fingerprint density at radius 3 is 2.69 bits per heavy atom. The van der Waals surface area contributed by atoms with Gasteiger partial charge in [0, 0.05) is 18.3 Å². The second-order valence-electron chi connectivity index (χ2n) is 6.39. The molecular formula is C17H13N5O4. The minimum absolute atomic E-state index is 0.123. The van der Waals surface area contributed by atoms with Crippen molar-refractivity contribution in [3.63, 3.8) is 0 Å². The highest BCUT2D eigenvalue weighted by Gasteiger charge is 2.59. The first kappa shape index (κ1) is 14.7. The molecule has 3 aromatic rings. The summed E-state index contributed by atoms with van der Waals surface area (Å²) in [6.45, 7) is 1.71. The molecule has 1 aromatic carbocycles. The van der Waals surface area contributed by atoms with Crippen LogP contribution in [0.15, 0.2) is 38.4 Å². The summed E-state index contributed by atoms with van der Waals surface area (Å²) in [5, 5.41) is 6.86. The Morgan fingerprint density at radius 1 is 1.12 bits per heavy atom. The van der Waals surface area contributed by atoms with E-state index in [0.29, 0.717) is 22.5 Å². The maximum atomic E-state index is 13.5. The molecule has 1 amide bonds. The van der Waals surface area contributed by atoms with Crippen LogP contribution in [0.25, 0.3) is 0 Å². The van der Waals surface area contributed by atoms with Crippen molar-refractivity contribution < 1.29 is 9.32 Å². The third kappa shape index (κ3) is 1.46. The highest BCUT2D eigenvalue weighted by atomic mass is 16.5. The fraction of sp³-hybridized carbons (Fsp3) is 0.176. The molecule has 0 bridgehead atoms. The van der Waals surface area contributed by atoms with Gasteiger partial charge in [-0.1, -0.05) is 23.4 Å². The lowest BCUT2D eigenvalue weighted by Gasteiger charge is -2.32. The predicted octanol–water partition coefficient (Wildman–Crippen LogP) is 0.727. The van der Waals surface area contributed by atoms with E-state index < -0.39 is 16.7 Å². The van der Waals surface area contributed by atoms with E-state index in [1.807, 2.05) is 12.1 Å². The van der Waals surface area contributed by atoms with Gasteiger partial charge >= 0.3 is 5.69 Å². The largest absolute Gasteiger partial charge is 0.338 e. The smallest absolute Gasteiger partial charge is 0.327 e. The van der Waals surface area contributed by atoms with Crippen LogP contribution in [0.2, 0.25) is 0 Å². The molecule has 5 rings (SSSR count). The zero-order valence-corrected chi connectivity index (χ0v) is 13.8. The Hall–Kier alpha value is -3.62. The van der Waals surface area contributed by atoms with Gasteiger partial charge in [0.1, 0.15) is 11.2 Å². The molecule has 26 heavy (non-hydrogen) atoms. The van der Waals surface area contributed by atoms with Gasteiger partial charge in [-0.25, -0.2) is 4.79 Å². The first-order chi connectivity index (χ1) is 12.5. The standard InChI is InChI=1S/C17H13N5O4/c1-7-10-14(26-21-7)18-12-11(13(23)20-16(25)19-12)17(10)8-5-3-4-6-9(8)22(2)15(17)24/h3-6H,1-2H3,(H3,18,19,20,23,25). The molecule has 2 aliphatic rings. The molecule has 0 aliphatic carbocycles. The second-order valence-corrected chi connectivity index (χ2v) is 6.39.